The maximum atomic E-state index is 12.2. The fraction of sp³-hybridized carbons (Fsp3) is 0.312. The molecule has 2 aromatic rings. The maximum absolute atomic E-state index is 12.2. The predicted molar refractivity (Wildman–Crippen MR) is 74.3 cm³/mol. The largest absolute Gasteiger partial charge is 0.455 e. The zero-order chi connectivity index (χ0) is 14.0. The fourth-order valence-electron chi connectivity index (χ4n) is 2.27. The van der Waals surface area contributed by atoms with Crippen molar-refractivity contribution in [3.05, 3.63) is 59.7 Å². The Kier molecular flexibility index (Phi) is 3.22. The van der Waals surface area contributed by atoms with Crippen LogP contribution in [-0.2, 0) is 11.2 Å². The van der Waals surface area contributed by atoms with Crippen LogP contribution in [0.5, 0.6) is 0 Å². The molecule has 20 heavy (non-hydrogen) atoms. The Hall–Kier alpha value is -2.23. The van der Waals surface area contributed by atoms with Gasteiger partial charge in [-0.05, 0) is 25.3 Å². The number of aryl methyl sites for hydroxylation is 1. The highest BCUT2D eigenvalue weighted by atomic mass is 16.6. The van der Waals surface area contributed by atoms with Crippen LogP contribution < -0.4 is 0 Å². The number of rotatable bonds is 4. The lowest BCUT2D eigenvalue weighted by Gasteiger charge is -2.17. The Morgan fingerprint density at radius 3 is 2.70 bits per heavy atom. The van der Waals surface area contributed by atoms with Crippen molar-refractivity contribution in [2.45, 2.75) is 31.8 Å². The van der Waals surface area contributed by atoms with Crippen LogP contribution in [0.4, 0.5) is 0 Å². The Bertz CT molecular complexity index is 621. The van der Waals surface area contributed by atoms with Gasteiger partial charge in [-0.2, -0.15) is 0 Å². The minimum Gasteiger partial charge on any atom is -0.455 e. The first-order valence-corrected chi connectivity index (χ1v) is 6.72. The van der Waals surface area contributed by atoms with Crippen LogP contribution >= 0.6 is 0 Å². The van der Waals surface area contributed by atoms with E-state index >= 15 is 0 Å². The third kappa shape index (κ3) is 2.69. The SMILES string of the molecule is Cc1ncncc1C(=O)OC1(Cc2ccccc2)CC1. The number of carbonyl (C=O) groups is 1. The molecule has 1 saturated carbocycles. The lowest BCUT2D eigenvalue weighted by molar-refractivity contribution is 0.0226. The summed E-state index contributed by atoms with van der Waals surface area (Å²) >= 11 is 0. The molecule has 0 bridgehead atoms. The van der Waals surface area contributed by atoms with Gasteiger partial charge >= 0.3 is 5.97 Å². The van der Waals surface area contributed by atoms with Gasteiger partial charge in [0.2, 0.25) is 0 Å². The van der Waals surface area contributed by atoms with Crippen LogP contribution in [0, 0.1) is 6.92 Å². The van der Waals surface area contributed by atoms with Crippen molar-refractivity contribution in [3.63, 3.8) is 0 Å². The third-order valence-electron chi connectivity index (χ3n) is 3.62. The number of aromatic nitrogens is 2. The summed E-state index contributed by atoms with van der Waals surface area (Å²) in [7, 11) is 0. The lowest BCUT2D eigenvalue weighted by Crippen LogP contribution is -2.23. The highest BCUT2D eigenvalue weighted by Crippen LogP contribution is 2.43. The normalized spacial score (nSPS) is 15.7. The first kappa shape index (κ1) is 12.8. The molecule has 0 aliphatic heterocycles. The molecule has 4 heteroatoms. The standard InChI is InChI=1S/C16H16N2O2/c1-12-14(10-17-11-18-12)15(19)20-16(7-8-16)9-13-5-3-2-4-6-13/h2-6,10-11H,7-9H2,1H3. The average molecular weight is 268 g/mol. The highest BCUT2D eigenvalue weighted by Gasteiger charge is 2.47. The molecule has 1 aliphatic rings. The highest BCUT2D eigenvalue weighted by molar-refractivity contribution is 5.90. The van der Waals surface area contributed by atoms with E-state index in [1.807, 2.05) is 18.2 Å². The molecule has 1 aromatic heterocycles. The second-order valence-electron chi connectivity index (χ2n) is 5.26. The second kappa shape index (κ2) is 5.04. The van der Waals surface area contributed by atoms with E-state index < -0.39 is 0 Å². The number of hydrogen-bond donors (Lipinski definition) is 0. The summed E-state index contributed by atoms with van der Waals surface area (Å²) in [5, 5.41) is 0. The average Bonchev–Trinajstić information content (AvgIpc) is 3.19. The van der Waals surface area contributed by atoms with Crippen molar-refractivity contribution in [1.29, 1.82) is 0 Å². The van der Waals surface area contributed by atoms with Gasteiger partial charge in [0.25, 0.3) is 0 Å². The summed E-state index contributed by atoms with van der Waals surface area (Å²) in [4.78, 5) is 20.1. The number of esters is 1. The molecule has 0 amide bonds. The van der Waals surface area contributed by atoms with E-state index in [4.69, 9.17) is 4.74 Å². The van der Waals surface area contributed by atoms with E-state index in [0.29, 0.717) is 11.3 Å². The molecular weight excluding hydrogens is 252 g/mol. The van der Waals surface area contributed by atoms with Gasteiger partial charge in [0.1, 0.15) is 11.9 Å². The summed E-state index contributed by atoms with van der Waals surface area (Å²) in [6.07, 6.45) is 5.55. The van der Waals surface area contributed by atoms with Crippen molar-refractivity contribution < 1.29 is 9.53 Å². The zero-order valence-electron chi connectivity index (χ0n) is 11.4. The summed E-state index contributed by atoms with van der Waals surface area (Å²) in [6, 6.07) is 10.1. The molecule has 0 unspecified atom stereocenters. The van der Waals surface area contributed by atoms with Gasteiger partial charge in [-0.15, -0.1) is 0 Å². The first-order valence-electron chi connectivity index (χ1n) is 6.72. The van der Waals surface area contributed by atoms with Crippen LogP contribution in [0.3, 0.4) is 0 Å². The third-order valence-corrected chi connectivity index (χ3v) is 3.62. The monoisotopic (exact) mass is 268 g/mol. The van der Waals surface area contributed by atoms with E-state index in [1.165, 1.54) is 18.1 Å². The molecule has 102 valence electrons. The minimum atomic E-state index is -0.333. The molecule has 1 fully saturated rings. The van der Waals surface area contributed by atoms with Crippen LogP contribution in [0.2, 0.25) is 0 Å². The van der Waals surface area contributed by atoms with Gasteiger partial charge in [0.05, 0.1) is 11.3 Å². The molecule has 3 rings (SSSR count). The van der Waals surface area contributed by atoms with Crippen LogP contribution in [0.1, 0.15) is 34.5 Å². The molecule has 0 saturated heterocycles. The number of ether oxygens (including phenoxy) is 1. The predicted octanol–water partition coefficient (Wildman–Crippen LogP) is 2.72. The summed E-state index contributed by atoms with van der Waals surface area (Å²) in [5.41, 5.74) is 1.96. The molecule has 1 aliphatic carbocycles. The zero-order valence-corrected chi connectivity index (χ0v) is 11.4. The van der Waals surface area contributed by atoms with Gasteiger partial charge in [-0.1, -0.05) is 30.3 Å². The topological polar surface area (TPSA) is 52.1 Å². The van der Waals surface area contributed by atoms with Crippen LogP contribution in [0.25, 0.3) is 0 Å². The molecule has 0 atom stereocenters. The van der Waals surface area contributed by atoms with E-state index in [1.54, 1.807) is 6.92 Å². The van der Waals surface area contributed by atoms with Gasteiger partial charge < -0.3 is 4.74 Å². The fourth-order valence-corrected chi connectivity index (χ4v) is 2.27. The molecular formula is C16H16N2O2. The smallest absolute Gasteiger partial charge is 0.342 e. The Balaban J connectivity index is 1.71. The van der Waals surface area contributed by atoms with E-state index in [2.05, 4.69) is 22.1 Å². The number of nitrogens with zero attached hydrogens (tertiary/aromatic N) is 2. The van der Waals surface area contributed by atoms with Gasteiger partial charge in [-0.3, -0.25) is 0 Å². The number of carbonyl (C=O) groups excluding carboxylic acids is 1. The van der Waals surface area contributed by atoms with Crippen molar-refractivity contribution in [2.24, 2.45) is 0 Å². The maximum Gasteiger partial charge on any atom is 0.342 e. The number of benzene rings is 1. The first-order chi connectivity index (χ1) is 9.69. The van der Waals surface area contributed by atoms with Gasteiger partial charge in [0.15, 0.2) is 0 Å². The van der Waals surface area contributed by atoms with Crippen molar-refractivity contribution in [3.8, 4) is 0 Å². The van der Waals surface area contributed by atoms with Crippen molar-refractivity contribution in [2.75, 3.05) is 0 Å². The van der Waals surface area contributed by atoms with E-state index in [0.717, 1.165) is 19.3 Å². The second-order valence-corrected chi connectivity index (χ2v) is 5.26. The molecule has 1 aromatic carbocycles. The summed E-state index contributed by atoms with van der Waals surface area (Å²) < 4.78 is 5.70. The molecule has 0 spiro atoms. The Morgan fingerprint density at radius 1 is 1.30 bits per heavy atom. The van der Waals surface area contributed by atoms with Crippen molar-refractivity contribution >= 4 is 5.97 Å². The number of hydrogen-bond acceptors (Lipinski definition) is 4. The van der Waals surface area contributed by atoms with Crippen LogP contribution in [0.15, 0.2) is 42.9 Å². The van der Waals surface area contributed by atoms with Gasteiger partial charge in [-0.25, -0.2) is 14.8 Å². The minimum absolute atomic E-state index is 0.323. The molecule has 1 heterocycles. The van der Waals surface area contributed by atoms with Crippen LogP contribution in [-0.4, -0.2) is 21.5 Å². The Morgan fingerprint density at radius 2 is 2.05 bits per heavy atom. The quantitative estimate of drug-likeness (QED) is 0.800. The van der Waals surface area contributed by atoms with E-state index in [-0.39, 0.29) is 11.6 Å². The Labute approximate surface area is 117 Å². The summed E-state index contributed by atoms with van der Waals surface area (Å²) in [5.74, 6) is -0.323. The van der Waals surface area contributed by atoms with E-state index in [9.17, 15) is 4.79 Å². The molecule has 0 N–H and O–H groups in total. The summed E-state index contributed by atoms with van der Waals surface area (Å²) in [6.45, 7) is 1.79. The van der Waals surface area contributed by atoms with Gasteiger partial charge in [0, 0.05) is 12.6 Å². The molecule has 4 nitrogen and oxygen atoms in total. The molecule has 0 radical (unpaired) electrons. The van der Waals surface area contributed by atoms with Crippen molar-refractivity contribution in [1.82, 2.24) is 9.97 Å². The lowest BCUT2D eigenvalue weighted by atomic mass is 10.1.